The Bertz CT molecular complexity index is 650. The first kappa shape index (κ1) is 15.0. The highest BCUT2D eigenvalue weighted by Gasteiger charge is 2.15. The standard InChI is InChI=1S/C14H20N6OS/c1-10-9-22-13(17-10)8-16-14(21)15-7-12-19-18-11-5-3-2-4-6-20(11)12/h9H,2-8H2,1H3,(H2,15,16,21). The Morgan fingerprint density at radius 3 is 2.95 bits per heavy atom. The lowest BCUT2D eigenvalue weighted by Gasteiger charge is -2.08. The predicted molar refractivity (Wildman–Crippen MR) is 83.5 cm³/mol. The lowest BCUT2D eigenvalue weighted by atomic mass is 10.2. The predicted octanol–water partition coefficient (Wildman–Crippen LogP) is 1.77. The Labute approximate surface area is 133 Å². The second-order valence-corrected chi connectivity index (χ2v) is 6.36. The van der Waals surface area contributed by atoms with E-state index in [0.717, 1.165) is 41.7 Å². The molecule has 0 saturated carbocycles. The number of amides is 2. The van der Waals surface area contributed by atoms with E-state index in [1.54, 1.807) is 11.3 Å². The van der Waals surface area contributed by atoms with Gasteiger partial charge in [0.05, 0.1) is 13.1 Å². The van der Waals surface area contributed by atoms with Crippen molar-refractivity contribution < 1.29 is 4.79 Å². The smallest absolute Gasteiger partial charge is 0.315 e. The fourth-order valence-electron chi connectivity index (χ4n) is 2.54. The summed E-state index contributed by atoms with van der Waals surface area (Å²) in [6.07, 6.45) is 4.51. The second kappa shape index (κ2) is 6.87. The molecule has 0 aliphatic carbocycles. The van der Waals surface area contributed by atoms with E-state index in [1.807, 2.05) is 12.3 Å². The van der Waals surface area contributed by atoms with Crippen molar-refractivity contribution in [2.24, 2.45) is 0 Å². The van der Waals surface area contributed by atoms with Crippen LogP contribution in [0.25, 0.3) is 0 Å². The number of aryl methyl sites for hydroxylation is 2. The zero-order valence-electron chi connectivity index (χ0n) is 12.6. The summed E-state index contributed by atoms with van der Waals surface area (Å²) in [6, 6.07) is -0.209. The van der Waals surface area contributed by atoms with Gasteiger partial charge in [-0.25, -0.2) is 9.78 Å². The Balaban J connectivity index is 1.50. The molecule has 7 nitrogen and oxygen atoms in total. The minimum atomic E-state index is -0.209. The van der Waals surface area contributed by atoms with Crippen molar-refractivity contribution in [3.63, 3.8) is 0 Å². The van der Waals surface area contributed by atoms with Gasteiger partial charge in [0.15, 0.2) is 5.82 Å². The maximum absolute atomic E-state index is 11.9. The van der Waals surface area contributed by atoms with Crippen LogP contribution in [-0.2, 0) is 26.1 Å². The molecule has 0 bridgehead atoms. The number of thiazole rings is 1. The molecule has 2 aromatic rings. The van der Waals surface area contributed by atoms with Crippen LogP contribution in [0.15, 0.2) is 5.38 Å². The van der Waals surface area contributed by atoms with Gasteiger partial charge in [-0.2, -0.15) is 0 Å². The molecule has 3 rings (SSSR count). The van der Waals surface area contributed by atoms with E-state index < -0.39 is 0 Å². The van der Waals surface area contributed by atoms with Crippen molar-refractivity contribution >= 4 is 17.4 Å². The first-order valence-electron chi connectivity index (χ1n) is 7.56. The quantitative estimate of drug-likeness (QED) is 0.899. The van der Waals surface area contributed by atoms with Gasteiger partial charge in [0, 0.05) is 24.0 Å². The van der Waals surface area contributed by atoms with Crippen molar-refractivity contribution in [3.05, 3.63) is 27.7 Å². The number of aromatic nitrogens is 4. The Morgan fingerprint density at radius 2 is 2.14 bits per heavy atom. The van der Waals surface area contributed by atoms with Crippen LogP contribution in [0.4, 0.5) is 4.79 Å². The first-order chi connectivity index (χ1) is 10.7. The van der Waals surface area contributed by atoms with Gasteiger partial charge in [0.2, 0.25) is 0 Å². The van der Waals surface area contributed by atoms with Crippen LogP contribution in [0.5, 0.6) is 0 Å². The molecule has 1 aliphatic rings. The van der Waals surface area contributed by atoms with Gasteiger partial charge in [0.1, 0.15) is 10.8 Å². The number of carbonyl (C=O) groups excluding carboxylic acids is 1. The number of urea groups is 1. The topological polar surface area (TPSA) is 84.7 Å². The summed E-state index contributed by atoms with van der Waals surface area (Å²) in [4.78, 5) is 16.2. The summed E-state index contributed by atoms with van der Waals surface area (Å²) < 4.78 is 2.14. The van der Waals surface area contributed by atoms with Crippen LogP contribution in [0.2, 0.25) is 0 Å². The molecule has 3 heterocycles. The largest absolute Gasteiger partial charge is 0.332 e. The van der Waals surface area contributed by atoms with E-state index in [2.05, 4.69) is 30.4 Å². The van der Waals surface area contributed by atoms with E-state index in [9.17, 15) is 4.79 Å². The average Bonchev–Trinajstić information content (AvgIpc) is 3.02. The Kier molecular flexibility index (Phi) is 4.67. The van der Waals surface area contributed by atoms with Crippen molar-refractivity contribution in [1.29, 1.82) is 0 Å². The third-order valence-electron chi connectivity index (χ3n) is 3.66. The summed E-state index contributed by atoms with van der Waals surface area (Å²) in [5, 5.41) is 16.9. The Morgan fingerprint density at radius 1 is 1.27 bits per heavy atom. The van der Waals surface area contributed by atoms with Crippen LogP contribution in [0, 0.1) is 6.92 Å². The summed E-state index contributed by atoms with van der Waals surface area (Å²) in [5.41, 5.74) is 0.980. The monoisotopic (exact) mass is 320 g/mol. The highest BCUT2D eigenvalue weighted by molar-refractivity contribution is 7.09. The lowest BCUT2D eigenvalue weighted by Crippen LogP contribution is -2.35. The summed E-state index contributed by atoms with van der Waals surface area (Å²) >= 11 is 1.55. The molecular formula is C14H20N6OS. The molecule has 2 amide bonds. The van der Waals surface area contributed by atoms with Gasteiger partial charge in [-0.15, -0.1) is 21.5 Å². The molecule has 118 valence electrons. The number of nitrogens with zero attached hydrogens (tertiary/aromatic N) is 4. The third-order valence-corrected chi connectivity index (χ3v) is 4.63. The molecule has 0 saturated heterocycles. The molecule has 0 atom stereocenters. The summed E-state index contributed by atoms with van der Waals surface area (Å²) in [5.74, 6) is 1.87. The SMILES string of the molecule is Cc1csc(CNC(=O)NCc2nnc3n2CCCCC3)n1. The van der Waals surface area contributed by atoms with Crippen molar-refractivity contribution in [2.75, 3.05) is 0 Å². The molecule has 0 unspecified atom stereocenters. The number of hydrogen-bond donors (Lipinski definition) is 2. The number of carbonyl (C=O) groups is 1. The molecule has 2 aromatic heterocycles. The zero-order chi connectivity index (χ0) is 15.4. The van der Waals surface area contributed by atoms with Crippen molar-refractivity contribution in [2.45, 2.75) is 52.2 Å². The number of rotatable bonds is 4. The molecular weight excluding hydrogens is 300 g/mol. The van der Waals surface area contributed by atoms with E-state index in [1.165, 1.54) is 12.8 Å². The van der Waals surface area contributed by atoms with Gasteiger partial charge in [-0.3, -0.25) is 0 Å². The highest BCUT2D eigenvalue weighted by Crippen LogP contribution is 2.14. The van der Waals surface area contributed by atoms with Crippen LogP contribution in [0.3, 0.4) is 0 Å². The van der Waals surface area contributed by atoms with Crippen LogP contribution in [-0.4, -0.2) is 25.8 Å². The Hall–Kier alpha value is -1.96. The molecule has 22 heavy (non-hydrogen) atoms. The number of fused-ring (bicyclic) bond motifs is 1. The summed E-state index contributed by atoms with van der Waals surface area (Å²) in [7, 11) is 0. The average molecular weight is 320 g/mol. The fraction of sp³-hybridized carbons (Fsp3) is 0.571. The number of nitrogens with one attached hydrogen (secondary N) is 2. The molecule has 0 fully saturated rings. The van der Waals surface area contributed by atoms with Gasteiger partial charge in [-0.05, 0) is 19.8 Å². The van der Waals surface area contributed by atoms with Crippen molar-refractivity contribution in [1.82, 2.24) is 30.4 Å². The number of hydrogen-bond acceptors (Lipinski definition) is 5. The minimum absolute atomic E-state index is 0.209. The lowest BCUT2D eigenvalue weighted by molar-refractivity contribution is 0.239. The fourth-order valence-corrected chi connectivity index (χ4v) is 3.25. The van der Waals surface area contributed by atoms with Crippen LogP contribution < -0.4 is 10.6 Å². The molecule has 2 N–H and O–H groups in total. The van der Waals surface area contributed by atoms with Gasteiger partial charge in [-0.1, -0.05) is 6.42 Å². The van der Waals surface area contributed by atoms with E-state index in [0.29, 0.717) is 13.1 Å². The van der Waals surface area contributed by atoms with Crippen LogP contribution >= 0.6 is 11.3 Å². The normalized spacial score (nSPS) is 14.2. The van der Waals surface area contributed by atoms with Gasteiger partial charge < -0.3 is 15.2 Å². The molecule has 0 radical (unpaired) electrons. The maximum atomic E-state index is 11.9. The first-order valence-corrected chi connectivity index (χ1v) is 8.44. The molecule has 0 aromatic carbocycles. The van der Waals surface area contributed by atoms with Gasteiger partial charge in [0.25, 0.3) is 0 Å². The van der Waals surface area contributed by atoms with Crippen LogP contribution in [0.1, 0.15) is 41.6 Å². The van der Waals surface area contributed by atoms with E-state index >= 15 is 0 Å². The third kappa shape index (κ3) is 3.62. The second-order valence-electron chi connectivity index (χ2n) is 5.41. The van der Waals surface area contributed by atoms with E-state index in [4.69, 9.17) is 0 Å². The molecule has 1 aliphatic heterocycles. The summed E-state index contributed by atoms with van der Waals surface area (Å²) in [6.45, 7) is 3.73. The molecule has 0 spiro atoms. The van der Waals surface area contributed by atoms with E-state index in [-0.39, 0.29) is 6.03 Å². The maximum Gasteiger partial charge on any atom is 0.315 e. The minimum Gasteiger partial charge on any atom is -0.332 e. The zero-order valence-corrected chi connectivity index (χ0v) is 13.4. The van der Waals surface area contributed by atoms with Crippen molar-refractivity contribution in [3.8, 4) is 0 Å². The van der Waals surface area contributed by atoms with Gasteiger partial charge >= 0.3 is 6.03 Å². The highest BCUT2D eigenvalue weighted by atomic mass is 32.1. The molecule has 8 heteroatoms.